The number of ether oxygens (including phenoxy) is 2. The van der Waals surface area contributed by atoms with E-state index >= 15 is 0 Å². The van der Waals surface area contributed by atoms with Crippen LogP contribution in [0.3, 0.4) is 0 Å². The normalized spacial score (nSPS) is 12.9. The molecule has 10 heteroatoms. The van der Waals surface area contributed by atoms with Gasteiger partial charge in [0, 0.05) is 22.0 Å². The maximum Gasteiger partial charge on any atom is 0.283 e. The minimum Gasteiger partial charge on any atom is -0.495 e. The van der Waals surface area contributed by atoms with Crippen molar-refractivity contribution in [2.75, 3.05) is 22.6 Å². The molecule has 4 aromatic carbocycles. The summed E-state index contributed by atoms with van der Waals surface area (Å²) in [7, 11) is 1.41. The summed E-state index contributed by atoms with van der Waals surface area (Å²) in [4.78, 5) is 40.0. The van der Waals surface area contributed by atoms with Gasteiger partial charge < -0.3 is 20.1 Å². The number of benzene rings is 4. The zero-order chi connectivity index (χ0) is 28.2. The van der Waals surface area contributed by atoms with Gasteiger partial charge in [0.1, 0.15) is 28.0 Å². The van der Waals surface area contributed by atoms with Crippen molar-refractivity contribution >= 4 is 58.0 Å². The third-order valence-electron chi connectivity index (χ3n) is 5.89. The number of methoxy groups -OCH3 is 1. The Hall–Kier alpha value is -4.79. The maximum absolute atomic E-state index is 13.2. The van der Waals surface area contributed by atoms with Crippen molar-refractivity contribution in [3.05, 3.63) is 118 Å². The summed E-state index contributed by atoms with van der Waals surface area (Å²) in [5.41, 5.74) is 1.29. The molecule has 0 aliphatic carbocycles. The first-order valence-electron chi connectivity index (χ1n) is 12.0. The summed E-state index contributed by atoms with van der Waals surface area (Å²) < 4.78 is 11.1. The molecule has 0 atom stereocenters. The molecule has 0 saturated carbocycles. The molecule has 40 heavy (non-hydrogen) atoms. The van der Waals surface area contributed by atoms with E-state index in [-0.39, 0.29) is 28.1 Å². The van der Waals surface area contributed by atoms with Gasteiger partial charge in [-0.3, -0.25) is 14.4 Å². The lowest BCUT2D eigenvalue weighted by Gasteiger charge is -2.18. The molecule has 0 bridgehead atoms. The number of nitrogens with zero attached hydrogens (tertiary/aromatic N) is 1. The van der Waals surface area contributed by atoms with E-state index in [0.717, 1.165) is 4.90 Å². The van der Waals surface area contributed by atoms with Gasteiger partial charge in [-0.25, -0.2) is 4.90 Å². The fourth-order valence-corrected chi connectivity index (χ4v) is 4.36. The van der Waals surface area contributed by atoms with Crippen LogP contribution in [0.15, 0.2) is 108 Å². The molecule has 4 aromatic rings. The van der Waals surface area contributed by atoms with Crippen LogP contribution in [0.1, 0.15) is 10.4 Å². The zero-order valence-electron chi connectivity index (χ0n) is 21.0. The zero-order valence-corrected chi connectivity index (χ0v) is 22.5. The van der Waals surface area contributed by atoms with Gasteiger partial charge in [0.2, 0.25) is 0 Å². The monoisotopic (exact) mass is 573 g/mol. The highest BCUT2D eigenvalue weighted by Gasteiger charge is 2.40. The van der Waals surface area contributed by atoms with Crippen molar-refractivity contribution in [3.63, 3.8) is 0 Å². The number of rotatable bonds is 8. The Morgan fingerprint density at radius 2 is 1.50 bits per heavy atom. The number of hydrogen-bond donors (Lipinski definition) is 2. The van der Waals surface area contributed by atoms with E-state index in [2.05, 4.69) is 10.6 Å². The fourth-order valence-electron chi connectivity index (χ4n) is 3.98. The summed E-state index contributed by atoms with van der Waals surface area (Å²) >= 11 is 12.4. The predicted molar refractivity (Wildman–Crippen MR) is 154 cm³/mol. The average molecular weight is 574 g/mol. The van der Waals surface area contributed by atoms with Crippen molar-refractivity contribution in [2.45, 2.75) is 0 Å². The van der Waals surface area contributed by atoms with E-state index in [1.54, 1.807) is 60.7 Å². The molecule has 0 unspecified atom stereocenters. The molecule has 0 radical (unpaired) electrons. The van der Waals surface area contributed by atoms with Crippen LogP contribution < -0.4 is 25.0 Å². The maximum atomic E-state index is 13.2. The number of carbonyl (C=O) groups excluding carboxylic acids is 3. The molecule has 1 aliphatic heterocycles. The number of hydrogen-bond acceptors (Lipinski definition) is 6. The lowest BCUT2D eigenvalue weighted by atomic mass is 10.1. The van der Waals surface area contributed by atoms with E-state index in [1.807, 2.05) is 30.3 Å². The lowest BCUT2D eigenvalue weighted by Crippen LogP contribution is -2.32. The van der Waals surface area contributed by atoms with Crippen LogP contribution in [0.2, 0.25) is 5.02 Å². The van der Waals surface area contributed by atoms with Crippen LogP contribution in [-0.2, 0) is 9.59 Å². The van der Waals surface area contributed by atoms with Gasteiger partial charge in [0.15, 0.2) is 0 Å². The second-order valence-electron chi connectivity index (χ2n) is 8.55. The van der Waals surface area contributed by atoms with E-state index in [9.17, 15) is 14.4 Å². The van der Waals surface area contributed by atoms with Gasteiger partial charge >= 0.3 is 0 Å². The Bertz CT molecular complexity index is 1640. The quantitative estimate of drug-likeness (QED) is 0.224. The second kappa shape index (κ2) is 11.5. The van der Waals surface area contributed by atoms with Crippen LogP contribution in [0.4, 0.5) is 17.1 Å². The largest absolute Gasteiger partial charge is 0.495 e. The summed E-state index contributed by atoms with van der Waals surface area (Å²) in [6.07, 6.45) is 0. The summed E-state index contributed by atoms with van der Waals surface area (Å²) in [5.74, 6) is -0.196. The standard InChI is InChI=1S/C30H21Cl2N3O5/c1-39-25-15-10-19(31)17-24(25)35-29(37)26(32)27(30(35)38)33-21-7-5-6-18(16-21)28(36)34-20-11-13-23(14-12-20)40-22-8-3-2-4-9-22/h2-17,33H,1H3,(H,34,36). The molecular formula is C30H21Cl2N3O5. The van der Waals surface area contributed by atoms with Crippen molar-refractivity contribution in [2.24, 2.45) is 0 Å². The van der Waals surface area contributed by atoms with Crippen LogP contribution >= 0.6 is 23.2 Å². The summed E-state index contributed by atoms with van der Waals surface area (Å²) in [6.45, 7) is 0. The molecule has 200 valence electrons. The average Bonchev–Trinajstić information content (AvgIpc) is 3.17. The second-order valence-corrected chi connectivity index (χ2v) is 9.36. The molecule has 8 nitrogen and oxygen atoms in total. The molecule has 1 heterocycles. The molecule has 1 aliphatic rings. The van der Waals surface area contributed by atoms with E-state index in [1.165, 1.54) is 13.2 Å². The van der Waals surface area contributed by atoms with Crippen molar-refractivity contribution in [1.29, 1.82) is 0 Å². The van der Waals surface area contributed by atoms with Crippen LogP contribution in [0.25, 0.3) is 0 Å². The SMILES string of the molecule is COc1ccc(Cl)cc1N1C(=O)C(Cl)=C(Nc2cccc(C(=O)Nc3ccc(Oc4ccccc4)cc3)c2)C1=O. The van der Waals surface area contributed by atoms with Crippen LogP contribution in [-0.4, -0.2) is 24.8 Å². The molecular weight excluding hydrogens is 553 g/mol. The van der Waals surface area contributed by atoms with E-state index < -0.39 is 11.8 Å². The highest BCUT2D eigenvalue weighted by atomic mass is 35.5. The summed E-state index contributed by atoms with van der Waals surface area (Å²) in [5, 5.41) is 5.71. The minimum atomic E-state index is -0.733. The molecule has 0 saturated heterocycles. The number of nitrogens with one attached hydrogen (secondary N) is 2. The highest BCUT2D eigenvalue weighted by Crippen LogP contribution is 2.37. The molecule has 2 N–H and O–H groups in total. The molecule has 3 amide bonds. The number of anilines is 3. The number of amides is 3. The molecule has 0 fully saturated rings. The highest BCUT2D eigenvalue weighted by molar-refractivity contribution is 6.53. The minimum absolute atomic E-state index is 0.139. The van der Waals surface area contributed by atoms with Gasteiger partial charge in [0.25, 0.3) is 17.7 Å². The first-order chi connectivity index (χ1) is 19.3. The van der Waals surface area contributed by atoms with Gasteiger partial charge in [0.05, 0.1) is 12.8 Å². The first-order valence-corrected chi connectivity index (χ1v) is 12.7. The van der Waals surface area contributed by atoms with E-state index in [0.29, 0.717) is 33.5 Å². The van der Waals surface area contributed by atoms with Gasteiger partial charge in [-0.05, 0) is 72.8 Å². The topological polar surface area (TPSA) is 97.0 Å². The Morgan fingerprint density at radius 1 is 0.775 bits per heavy atom. The lowest BCUT2D eigenvalue weighted by molar-refractivity contribution is -0.120. The number of imide groups is 1. The predicted octanol–water partition coefficient (Wildman–Crippen LogP) is 6.83. The Kier molecular flexibility index (Phi) is 7.72. The molecule has 0 spiro atoms. The third kappa shape index (κ3) is 5.63. The van der Waals surface area contributed by atoms with Crippen LogP contribution in [0, 0.1) is 0 Å². The van der Waals surface area contributed by atoms with Gasteiger partial charge in [-0.1, -0.05) is 47.5 Å². The number of halogens is 2. The Morgan fingerprint density at radius 3 is 2.23 bits per heavy atom. The smallest absolute Gasteiger partial charge is 0.283 e. The van der Waals surface area contributed by atoms with Gasteiger partial charge in [-0.2, -0.15) is 0 Å². The fraction of sp³-hybridized carbons (Fsp3) is 0.0333. The van der Waals surface area contributed by atoms with Crippen molar-refractivity contribution < 1.29 is 23.9 Å². The van der Waals surface area contributed by atoms with Crippen molar-refractivity contribution in [1.82, 2.24) is 0 Å². The van der Waals surface area contributed by atoms with E-state index in [4.69, 9.17) is 32.7 Å². The molecule has 5 rings (SSSR count). The van der Waals surface area contributed by atoms with Crippen molar-refractivity contribution in [3.8, 4) is 17.2 Å². The third-order valence-corrected chi connectivity index (χ3v) is 6.48. The van der Waals surface area contributed by atoms with Crippen LogP contribution in [0.5, 0.6) is 17.2 Å². The Balaban J connectivity index is 1.29. The Labute approximate surface area is 239 Å². The number of carbonyl (C=O) groups is 3. The summed E-state index contributed by atoms with van der Waals surface area (Å²) in [6, 6.07) is 27.3. The first kappa shape index (κ1) is 26.8. The molecule has 0 aromatic heterocycles. The number of para-hydroxylation sites is 1. The van der Waals surface area contributed by atoms with Gasteiger partial charge in [-0.15, -0.1) is 0 Å².